The molecule has 4 heteroatoms. The average molecular weight is 235 g/mol. The van der Waals surface area contributed by atoms with Crippen molar-refractivity contribution in [3.8, 4) is 0 Å². The van der Waals surface area contributed by atoms with Crippen molar-refractivity contribution in [2.45, 2.75) is 33.2 Å². The summed E-state index contributed by atoms with van der Waals surface area (Å²) in [6.07, 6.45) is 1.24. The van der Waals surface area contributed by atoms with Crippen LogP contribution in [0.1, 0.15) is 40.9 Å². The third-order valence-corrected chi connectivity index (χ3v) is 2.78. The van der Waals surface area contributed by atoms with E-state index in [0.29, 0.717) is 24.9 Å². The molecule has 0 aromatic heterocycles. The molecule has 0 saturated heterocycles. The standard InChI is InChI=1S/C13H17NO3/c1-3-9-5-8(7-14)6-10(4-2)11(9)12(15)13(16)17/h5-6H,3-4,7,14H2,1-2H3,(H,16,17). The maximum Gasteiger partial charge on any atom is 0.377 e. The molecule has 0 atom stereocenters. The molecule has 0 aliphatic rings. The summed E-state index contributed by atoms with van der Waals surface area (Å²) < 4.78 is 0. The van der Waals surface area contributed by atoms with Gasteiger partial charge in [0.15, 0.2) is 0 Å². The van der Waals surface area contributed by atoms with Crippen LogP contribution in [0.3, 0.4) is 0 Å². The Morgan fingerprint density at radius 1 is 1.18 bits per heavy atom. The van der Waals surface area contributed by atoms with Gasteiger partial charge in [0.25, 0.3) is 5.78 Å². The molecular weight excluding hydrogens is 218 g/mol. The molecule has 0 radical (unpaired) electrons. The van der Waals surface area contributed by atoms with E-state index in [9.17, 15) is 9.59 Å². The lowest BCUT2D eigenvalue weighted by Crippen LogP contribution is -2.18. The van der Waals surface area contributed by atoms with Crippen LogP contribution >= 0.6 is 0 Å². The first kappa shape index (κ1) is 13.4. The van der Waals surface area contributed by atoms with E-state index in [2.05, 4.69) is 0 Å². The van der Waals surface area contributed by atoms with Crippen LogP contribution in [0.5, 0.6) is 0 Å². The number of hydrogen-bond acceptors (Lipinski definition) is 3. The van der Waals surface area contributed by atoms with Gasteiger partial charge in [-0.2, -0.15) is 0 Å². The Morgan fingerprint density at radius 3 is 1.94 bits per heavy atom. The first-order chi connectivity index (χ1) is 8.04. The Balaban J connectivity index is 3.44. The van der Waals surface area contributed by atoms with Crippen molar-refractivity contribution in [1.82, 2.24) is 0 Å². The predicted octanol–water partition coefficient (Wildman–Crippen LogP) is 1.54. The van der Waals surface area contributed by atoms with E-state index in [4.69, 9.17) is 10.8 Å². The molecule has 17 heavy (non-hydrogen) atoms. The van der Waals surface area contributed by atoms with Crippen molar-refractivity contribution in [3.63, 3.8) is 0 Å². The molecule has 0 aliphatic heterocycles. The third kappa shape index (κ3) is 2.71. The van der Waals surface area contributed by atoms with Crippen molar-refractivity contribution in [3.05, 3.63) is 34.4 Å². The number of aliphatic carboxylic acids is 1. The predicted molar refractivity (Wildman–Crippen MR) is 65.1 cm³/mol. The molecule has 0 aliphatic carbocycles. The summed E-state index contributed by atoms with van der Waals surface area (Å²) in [6.45, 7) is 4.18. The van der Waals surface area contributed by atoms with E-state index < -0.39 is 11.8 Å². The minimum atomic E-state index is -1.41. The molecule has 1 aromatic rings. The highest BCUT2D eigenvalue weighted by Gasteiger charge is 2.21. The van der Waals surface area contributed by atoms with E-state index in [1.54, 1.807) is 0 Å². The first-order valence-corrected chi connectivity index (χ1v) is 5.67. The zero-order chi connectivity index (χ0) is 13.0. The van der Waals surface area contributed by atoms with E-state index in [-0.39, 0.29) is 0 Å². The smallest absolute Gasteiger partial charge is 0.377 e. The van der Waals surface area contributed by atoms with E-state index in [1.165, 1.54) is 0 Å². The molecule has 4 nitrogen and oxygen atoms in total. The lowest BCUT2D eigenvalue weighted by atomic mass is 9.92. The zero-order valence-corrected chi connectivity index (χ0v) is 10.1. The molecule has 0 fully saturated rings. The molecule has 0 saturated carbocycles. The quantitative estimate of drug-likeness (QED) is 0.599. The number of aryl methyl sites for hydroxylation is 2. The number of nitrogens with two attached hydrogens (primary N) is 1. The van der Waals surface area contributed by atoms with Gasteiger partial charge in [0.2, 0.25) is 0 Å². The van der Waals surface area contributed by atoms with Gasteiger partial charge < -0.3 is 10.8 Å². The van der Waals surface area contributed by atoms with Gasteiger partial charge in [0, 0.05) is 12.1 Å². The lowest BCUT2D eigenvalue weighted by molar-refractivity contribution is -0.131. The molecule has 1 aromatic carbocycles. The van der Waals surface area contributed by atoms with Crippen molar-refractivity contribution < 1.29 is 14.7 Å². The van der Waals surface area contributed by atoms with Gasteiger partial charge >= 0.3 is 5.97 Å². The highest BCUT2D eigenvalue weighted by atomic mass is 16.4. The topological polar surface area (TPSA) is 80.4 Å². The second kappa shape index (κ2) is 5.59. The summed E-state index contributed by atoms with van der Waals surface area (Å²) in [7, 11) is 0. The van der Waals surface area contributed by atoms with Crippen molar-refractivity contribution in [2.75, 3.05) is 0 Å². The monoisotopic (exact) mass is 235 g/mol. The third-order valence-electron chi connectivity index (χ3n) is 2.78. The number of ketones is 1. The normalized spacial score (nSPS) is 10.3. The van der Waals surface area contributed by atoms with E-state index in [1.807, 2.05) is 26.0 Å². The molecule has 0 amide bonds. The maximum atomic E-state index is 11.7. The Kier molecular flexibility index (Phi) is 4.40. The fraction of sp³-hybridized carbons (Fsp3) is 0.385. The number of benzene rings is 1. The largest absolute Gasteiger partial charge is 0.475 e. The Bertz CT molecular complexity index is 427. The van der Waals surface area contributed by atoms with Gasteiger partial charge in [-0.15, -0.1) is 0 Å². The first-order valence-electron chi connectivity index (χ1n) is 5.67. The van der Waals surface area contributed by atoms with Crippen LogP contribution in [0.15, 0.2) is 12.1 Å². The SMILES string of the molecule is CCc1cc(CN)cc(CC)c1C(=O)C(=O)O. The summed E-state index contributed by atoms with van der Waals surface area (Å²) >= 11 is 0. The summed E-state index contributed by atoms with van der Waals surface area (Å²) in [6, 6.07) is 3.63. The van der Waals surface area contributed by atoms with Crippen LogP contribution in [0.25, 0.3) is 0 Å². The summed E-state index contributed by atoms with van der Waals surface area (Å²) in [5.74, 6) is -2.24. The number of hydrogen-bond donors (Lipinski definition) is 2. The fourth-order valence-corrected chi connectivity index (χ4v) is 1.91. The number of Topliss-reactive ketones (excluding diaryl/α,β-unsaturated/α-hetero) is 1. The van der Waals surface area contributed by atoms with E-state index >= 15 is 0 Å². The summed E-state index contributed by atoms with van der Waals surface area (Å²) in [5.41, 5.74) is 8.37. The maximum absolute atomic E-state index is 11.7. The van der Waals surface area contributed by atoms with Gasteiger partial charge in [-0.3, -0.25) is 4.79 Å². The number of carboxylic acid groups (broad SMARTS) is 1. The van der Waals surface area contributed by atoms with Crippen molar-refractivity contribution in [2.24, 2.45) is 5.73 Å². The molecule has 0 unspecified atom stereocenters. The Morgan fingerprint density at radius 2 is 1.65 bits per heavy atom. The van der Waals surface area contributed by atoms with Gasteiger partial charge in [0.1, 0.15) is 0 Å². The summed E-state index contributed by atoms with van der Waals surface area (Å²) in [4.78, 5) is 22.5. The highest BCUT2D eigenvalue weighted by molar-refractivity contribution is 6.40. The lowest BCUT2D eigenvalue weighted by Gasteiger charge is -2.12. The molecule has 0 spiro atoms. The van der Waals surface area contributed by atoms with Gasteiger partial charge in [-0.1, -0.05) is 26.0 Å². The number of rotatable bonds is 5. The minimum absolute atomic E-state index is 0.333. The zero-order valence-electron chi connectivity index (χ0n) is 10.1. The van der Waals surface area contributed by atoms with Crippen LogP contribution in [0, 0.1) is 0 Å². The number of carbonyl (C=O) groups excluding carboxylic acids is 1. The van der Waals surface area contributed by atoms with Gasteiger partial charge in [-0.05, 0) is 29.5 Å². The highest BCUT2D eigenvalue weighted by Crippen LogP contribution is 2.20. The summed E-state index contributed by atoms with van der Waals surface area (Å²) in [5, 5.41) is 8.83. The van der Waals surface area contributed by atoms with Crippen LogP contribution < -0.4 is 5.73 Å². The molecular formula is C13H17NO3. The Hall–Kier alpha value is -1.68. The van der Waals surface area contributed by atoms with Crippen LogP contribution in [-0.4, -0.2) is 16.9 Å². The average Bonchev–Trinajstić information content (AvgIpc) is 2.35. The Labute approximate surface area is 100 Å². The van der Waals surface area contributed by atoms with Crippen LogP contribution in [0.2, 0.25) is 0 Å². The van der Waals surface area contributed by atoms with Crippen LogP contribution in [-0.2, 0) is 24.2 Å². The molecule has 0 bridgehead atoms. The number of carboxylic acids is 1. The second-order valence-electron chi connectivity index (χ2n) is 3.83. The van der Waals surface area contributed by atoms with Gasteiger partial charge in [-0.25, -0.2) is 4.79 Å². The molecule has 92 valence electrons. The molecule has 3 N–H and O–H groups in total. The molecule has 0 heterocycles. The fourth-order valence-electron chi connectivity index (χ4n) is 1.91. The van der Waals surface area contributed by atoms with E-state index in [0.717, 1.165) is 16.7 Å². The second-order valence-corrected chi connectivity index (χ2v) is 3.83. The minimum Gasteiger partial charge on any atom is -0.475 e. The number of carbonyl (C=O) groups is 2. The van der Waals surface area contributed by atoms with Crippen LogP contribution in [0.4, 0.5) is 0 Å². The van der Waals surface area contributed by atoms with Crippen molar-refractivity contribution in [1.29, 1.82) is 0 Å². The van der Waals surface area contributed by atoms with Crippen molar-refractivity contribution >= 4 is 11.8 Å². The molecule has 1 rings (SSSR count). The van der Waals surface area contributed by atoms with Gasteiger partial charge in [0.05, 0.1) is 0 Å².